The van der Waals surface area contributed by atoms with E-state index in [-0.39, 0.29) is 18.7 Å². The molecule has 29 heavy (non-hydrogen) atoms. The van der Waals surface area contributed by atoms with Crippen LogP contribution in [0, 0.1) is 23.3 Å². The molecule has 5 N–H and O–H groups in total. The van der Waals surface area contributed by atoms with Crippen molar-refractivity contribution in [3.8, 4) is 0 Å². The molecule has 0 saturated carbocycles. The summed E-state index contributed by atoms with van der Waals surface area (Å²) in [5.74, 6) is -7.55. The fourth-order valence-electron chi connectivity index (χ4n) is 2.55. The summed E-state index contributed by atoms with van der Waals surface area (Å²) in [6.45, 7) is -0.967. The van der Waals surface area contributed by atoms with Gasteiger partial charge in [-0.25, -0.2) is 22.2 Å². The Hall–Kier alpha value is -2.58. The molecule has 0 aliphatic heterocycles. The van der Waals surface area contributed by atoms with Crippen LogP contribution in [0.25, 0.3) is 0 Å². The lowest BCUT2D eigenvalue weighted by molar-refractivity contribution is -0.122. The van der Waals surface area contributed by atoms with E-state index in [0.29, 0.717) is 25.3 Å². The van der Waals surface area contributed by atoms with E-state index in [1.165, 1.54) is 0 Å². The third-order valence-electron chi connectivity index (χ3n) is 4.07. The van der Waals surface area contributed by atoms with Crippen LogP contribution in [-0.4, -0.2) is 43.3 Å². The van der Waals surface area contributed by atoms with Crippen LogP contribution < -0.4 is 11.1 Å². The van der Waals surface area contributed by atoms with E-state index in [2.05, 4.69) is 20.8 Å². The van der Waals surface area contributed by atoms with Gasteiger partial charge in [0.05, 0.1) is 6.04 Å². The van der Waals surface area contributed by atoms with Gasteiger partial charge in [-0.3, -0.25) is 4.79 Å². The molecule has 0 bridgehead atoms. The summed E-state index contributed by atoms with van der Waals surface area (Å²) in [5.41, 5.74) is 5.42. The summed E-state index contributed by atoms with van der Waals surface area (Å²) in [7, 11) is -1.40. The zero-order valence-corrected chi connectivity index (χ0v) is 15.2. The number of carbonyl (C=O) groups is 1. The number of nitrogens with two attached hydrogens (primary N) is 1. The number of benzene rings is 1. The standard InChI is InChI=1S/C15H19BF4N6O3/c17-9-5-8(12(18)14(20)13(9)19)6-22-11(27)7-26-15(23-24-25-26)10(21)3-1-2-4-16(28)29/h5,10,28-29H,1-4,6-7,21H2,(H,22,27). The second kappa shape index (κ2) is 10.3. The number of aromatic nitrogens is 4. The van der Waals surface area contributed by atoms with Crippen LogP contribution in [-0.2, 0) is 17.9 Å². The number of hydrogen-bond acceptors (Lipinski definition) is 7. The fraction of sp³-hybridized carbons (Fsp3) is 0.467. The number of nitrogens with zero attached hydrogens (tertiary/aromatic N) is 4. The second-order valence-corrected chi connectivity index (χ2v) is 6.30. The molecule has 0 saturated heterocycles. The predicted molar refractivity (Wildman–Crippen MR) is 91.7 cm³/mol. The average Bonchev–Trinajstić information content (AvgIpc) is 3.13. The smallest absolute Gasteiger partial charge is 0.427 e. The van der Waals surface area contributed by atoms with Crippen LogP contribution in [0.4, 0.5) is 17.6 Å². The van der Waals surface area contributed by atoms with Crippen molar-refractivity contribution in [1.29, 1.82) is 0 Å². The molecule has 0 aliphatic rings. The first-order chi connectivity index (χ1) is 13.7. The number of carbonyl (C=O) groups excluding carboxylic acids is 1. The Kier molecular flexibility index (Phi) is 8.05. The van der Waals surface area contributed by atoms with Crippen LogP contribution in [0.3, 0.4) is 0 Å². The van der Waals surface area contributed by atoms with E-state index in [9.17, 15) is 22.4 Å². The third kappa shape index (κ3) is 6.20. The van der Waals surface area contributed by atoms with E-state index < -0.39 is 54.4 Å². The Balaban J connectivity index is 1.91. The number of nitrogens with one attached hydrogen (secondary N) is 1. The van der Waals surface area contributed by atoms with E-state index in [1.807, 2.05) is 0 Å². The van der Waals surface area contributed by atoms with Crippen LogP contribution >= 0.6 is 0 Å². The van der Waals surface area contributed by atoms with Crippen molar-refractivity contribution < 1.29 is 32.4 Å². The van der Waals surface area contributed by atoms with Crippen LogP contribution in [0.1, 0.15) is 36.7 Å². The molecule has 0 radical (unpaired) electrons. The minimum absolute atomic E-state index is 0.196. The molecule has 9 nitrogen and oxygen atoms in total. The van der Waals surface area contributed by atoms with E-state index in [1.54, 1.807) is 0 Å². The van der Waals surface area contributed by atoms with E-state index >= 15 is 0 Å². The van der Waals surface area contributed by atoms with Crippen LogP contribution in [0.5, 0.6) is 0 Å². The second-order valence-electron chi connectivity index (χ2n) is 6.30. The fourth-order valence-corrected chi connectivity index (χ4v) is 2.55. The highest BCUT2D eigenvalue weighted by Gasteiger charge is 2.20. The van der Waals surface area contributed by atoms with Gasteiger partial charge in [0.15, 0.2) is 29.1 Å². The molecule has 2 rings (SSSR count). The van der Waals surface area contributed by atoms with Crippen molar-refractivity contribution in [3.63, 3.8) is 0 Å². The first kappa shape index (κ1) is 22.7. The Morgan fingerprint density at radius 3 is 2.62 bits per heavy atom. The van der Waals surface area contributed by atoms with Crippen LogP contribution in [0.2, 0.25) is 6.32 Å². The molecule has 0 spiro atoms. The molecule has 1 atom stereocenters. The van der Waals surface area contributed by atoms with Gasteiger partial charge in [0.2, 0.25) is 5.91 Å². The molecule has 14 heteroatoms. The zero-order valence-electron chi connectivity index (χ0n) is 15.2. The van der Waals surface area contributed by atoms with Crippen molar-refractivity contribution in [2.45, 2.75) is 44.7 Å². The number of unbranched alkanes of at least 4 members (excludes halogenated alkanes) is 1. The van der Waals surface area contributed by atoms with Gasteiger partial charge in [-0.2, -0.15) is 0 Å². The highest BCUT2D eigenvalue weighted by atomic mass is 19.2. The molecular weight excluding hydrogens is 399 g/mol. The number of hydrogen-bond donors (Lipinski definition) is 4. The molecule has 1 aromatic heterocycles. The highest BCUT2D eigenvalue weighted by Crippen LogP contribution is 2.19. The molecule has 1 aromatic carbocycles. The van der Waals surface area contributed by atoms with Crippen molar-refractivity contribution >= 4 is 13.0 Å². The molecule has 0 fully saturated rings. The van der Waals surface area contributed by atoms with E-state index in [0.717, 1.165) is 4.68 Å². The Morgan fingerprint density at radius 2 is 1.93 bits per heavy atom. The lowest BCUT2D eigenvalue weighted by atomic mass is 9.83. The number of tetrazole rings is 1. The van der Waals surface area contributed by atoms with Gasteiger partial charge in [0.25, 0.3) is 0 Å². The van der Waals surface area contributed by atoms with Gasteiger partial charge in [-0.15, -0.1) is 5.10 Å². The van der Waals surface area contributed by atoms with Gasteiger partial charge in [0, 0.05) is 12.1 Å². The Morgan fingerprint density at radius 1 is 1.21 bits per heavy atom. The molecule has 158 valence electrons. The number of amides is 1. The van der Waals surface area contributed by atoms with Crippen molar-refractivity contribution in [3.05, 3.63) is 40.7 Å². The number of rotatable bonds is 10. The lowest BCUT2D eigenvalue weighted by Crippen LogP contribution is -2.30. The monoisotopic (exact) mass is 418 g/mol. The first-order valence-corrected chi connectivity index (χ1v) is 8.67. The number of halogens is 4. The maximum atomic E-state index is 13.6. The topological polar surface area (TPSA) is 139 Å². The Bertz CT molecular complexity index is 854. The predicted octanol–water partition coefficient (Wildman–Crippen LogP) is 0.189. The van der Waals surface area contributed by atoms with Gasteiger partial charge >= 0.3 is 7.12 Å². The van der Waals surface area contributed by atoms with Gasteiger partial charge < -0.3 is 21.1 Å². The summed E-state index contributed by atoms with van der Waals surface area (Å²) in [4.78, 5) is 12.0. The first-order valence-electron chi connectivity index (χ1n) is 8.67. The normalized spacial score (nSPS) is 12.1. The molecule has 1 heterocycles. The van der Waals surface area contributed by atoms with Crippen molar-refractivity contribution in [1.82, 2.24) is 25.5 Å². The van der Waals surface area contributed by atoms with Crippen molar-refractivity contribution in [2.75, 3.05) is 0 Å². The average molecular weight is 418 g/mol. The Labute approximate surface area is 163 Å². The molecule has 1 unspecified atom stereocenters. The minimum Gasteiger partial charge on any atom is -0.427 e. The van der Waals surface area contributed by atoms with Gasteiger partial charge in [0.1, 0.15) is 6.54 Å². The lowest BCUT2D eigenvalue weighted by Gasteiger charge is -2.12. The SMILES string of the molecule is NC(CCCCB(O)O)c1nnnn1CC(=O)NCc1cc(F)c(F)c(F)c1F. The largest absolute Gasteiger partial charge is 0.451 e. The van der Waals surface area contributed by atoms with Crippen LogP contribution in [0.15, 0.2) is 6.07 Å². The summed E-state index contributed by atoms with van der Waals surface area (Å²) in [6.07, 6.45) is 1.71. The molecule has 1 amide bonds. The van der Waals surface area contributed by atoms with Gasteiger partial charge in [-0.1, -0.05) is 12.8 Å². The quantitative estimate of drug-likeness (QED) is 0.142. The summed E-state index contributed by atoms with van der Waals surface area (Å²) >= 11 is 0. The molecule has 2 aromatic rings. The summed E-state index contributed by atoms with van der Waals surface area (Å²) < 4.78 is 54.1. The summed E-state index contributed by atoms with van der Waals surface area (Å²) in [6, 6.07) is -0.165. The minimum atomic E-state index is -1.96. The van der Waals surface area contributed by atoms with E-state index in [4.69, 9.17) is 15.8 Å². The van der Waals surface area contributed by atoms with Crippen molar-refractivity contribution in [2.24, 2.45) is 5.73 Å². The van der Waals surface area contributed by atoms with Gasteiger partial charge in [-0.05, 0) is 29.2 Å². The maximum absolute atomic E-state index is 13.6. The summed E-state index contributed by atoms with van der Waals surface area (Å²) in [5, 5.41) is 30.7. The molecule has 0 aliphatic carbocycles. The highest BCUT2D eigenvalue weighted by molar-refractivity contribution is 6.40. The maximum Gasteiger partial charge on any atom is 0.451 e. The zero-order chi connectivity index (χ0) is 21.6. The third-order valence-corrected chi connectivity index (χ3v) is 4.07. The molecular formula is C15H19BF4N6O3.